The smallest absolute Gasteiger partial charge is 0.0331 e. The summed E-state index contributed by atoms with van der Waals surface area (Å²) in [6.07, 6.45) is 2.42. The van der Waals surface area contributed by atoms with Crippen LogP contribution in [0.15, 0.2) is 36.4 Å². The fraction of sp³-hybridized carbons (Fsp3) is 0.400. The van der Waals surface area contributed by atoms with Gasteiger partial charge < -0.3 is 5.32 Å². The van der Waals surface area contributed by atoms with Gasteiger partial charge in [-0.15, -0.1) is 0 Å². The van der Waals surface area contributed by atoms with Gasteiger partial charge in [-0.3, -0.25) is 0 Å². The molecule has 0 radical (unpaired) electrons. The van der Waals surface area contributed by atoms with Gasteiger partial charge >= 0.3 is 0 Å². The Hall–Kier alpha value is -1.60. The van der Waals surface area contributed by atoms with Crippen molar-refractivity contribution in [2.24, 2.45) is 0 Å². The molecule has 0 fully saturated rings. The first kappa shape index (κ1) is 14.3. The van der Waals surface area contributed by atoms with Gasteiger partial charge in [0.05, 0.1) is 0 Å². The van der Waals surface area contributed by atoms with Gasteiger partial charge in [-0.25, -0.2) is 0 Å². The lowest BCUT2D eigenvalue weighted by Crippen LogP contribution is -2.23. The Balaban J connectivity index is 1.82. The molecule has 1 N–H and O–H groups in total. The monoisotopic (exact) mass is 279 g/mol. The van der Waals surface area contributed by atoms with Crippen molar-refractivity contribution in [1.29, 1.82) is 0 Å². The standard InChI is InChI=1S/C20H25N/c1-13-5-7-15(3)18(11-13)16(4)21-20-10-9-17-8-6-14(2)12-19(17)20/h5-8,11-12,16,20-21H,9-10H2,1-4H3. The number of fused-ring (bicyclic) bond motifs is 1. The number of benzene rings is 2. The highest BCUT2D eigenvalue weighted by Crippen LogP contribution is 2.34. The molecule has 2 aromatic carbocycles. The normalized spacial score (nSPS) is 18.6. The van der Waals surface area contributed by atoms with E-state index in [0.29, 0.717) is 12.1 Å². The van der Waals surface area contributed by atoms with Gasteiger partial charge in [-0.05, 0) is 62.8 Å². The van der Waals surface area contributed by atoms with Crippen LogP contribution in [0.1, 0.15) is 58.8 Å². The Kier molecular flexibility index (Phi) is 3.86. The van der Waals surface area contributed by atoms with Crippen LogP contribution in [0.5, 0.6) is 0 Å². The molecule has 0 bridgehead atoms. The minimum atomic E-state index is 0.390. The molecule has 0 aromatic heterocycles. The summed E-state index contributed by atoms with van der Waals surface area (Å²) in [5, 5.41) is 3.85. The van der Waals surface area contributed by atoms with E-state index < -0.39 is 0 Å². The topological polar surface area (TPSA) is 12.0 Å². The van der Waals surface area contributed by atoms with Gasteiger partial charge in [-0.2, -0.15) is 0 Å². The van der Waals surface area contributed by atoms with E-state index in [0.717, 1.165) is 0 Å². The lowest BCUT2D eigenvalue weighted by molar-refractivity contribution is 0.463. The first-order valence-corrected chi connectivity index (χ1v) is 7.97. The predicted molar refractivity (Wildman–Crippen MR) is 89.7 cm³/mol. The summed E-state index contributed by atoms with van der Waals surface area (Å²) in [6, 6.07) is 14.5. The molecule has 0 saturated heterocycles. The van der Waals surface area contributed by atoms with Gasteiger partial charge in [0.1, 0.15) is 0 Å². The lowest BCUT2D eigenvalue weighted by atomic mass is 9.98. The molecular formula is C20H25N. The SMILES string of the molecule is Cc1ccc(C)c(C(C)NC2CCc3ccc(C)cc32)c1. The number of rotatable bonds is 3. The highest BCUT2D eigenvalue weighted by atomic mass is 15.0. The van der Waals surface area contributed by atoms with Crippen LogP contribution in [0.4, 0.5) is 0 Å². The number of aryl methyl sites for hydroxylation is 4. The zero-order valence-electron chi connectivity index (χ0n) is 13.5. The maximum absolute atomic E-state index is 3.85. The first-order chi connectivity index (χ1) is 10.0. The van der Waals surface area contributed by atoms with E-state index in [-0.39, 0.29) is 0 Å². The zero-order valence-corrected chi connectivity index (χ0v) is 13.5. The summed E-state index contributed by atoms with van der Waals surface area (Å²) in [6.45, 7) is 8.85. The van der Waals surface area contributed by atoms with Gasteiger partial charge in [0, 0.05) is 12.1 Å². The molecule has 0 amide bonds. The average Bonchev–Trinajstić information content (AvgIpc) is 2.84. The third-order valence-electron chi connectivity index (χ3n) is 4.73. The molecule has 21 heavy (non-hydrogen) atoms. The molecule has 110 valence electrons. The van der Waals surface area contributed by atoms with Crippen molar-refractivity contribution >= 4 is 0 Å². The number of hydrogen-bond donors (Lipinski definition) is 1. The van der Waals surface area contributed by atoms with Gasteiger partial charge in [0.2, 0.25) is 0 Å². The molecule has 2 aromatic rings. The summed E-state index contributed by atoms with van der Waals surface area (Å²) in [7, 11) is 0. The molecule has 1 nitrogen and oxygen atoms in total. The van der Waals surface area contributed by atoms with Crippen LogP contribution < -0.4 is 5.32 Å². The van der Waals surface area contributed by atoms with Crippen molar-refractivity contribution in [3.05, 3.63) is 69.8 Å². The van der Waals surface area contributed by atoms with E-state index in [9.17, 15) is 0 Å². The Morgan fingerprint density at radius 2 is 1.71 bits per heavy atom. The molecule has 0 spiro atoms. The second-order valence-corrected chi connectivity index (χ2v) is 6.54. The molecule has 2 unspecified atom stereocenters. The van der Waals surface area contributed by atoms with E-state index in [1.165, 1.54) is 46.2 Å². The fourth-order valence-electron chi connectivity index (χ4n) is 3.51. The first-order valence-electron chi connectivity index (χ1n) is 7.97. The number of nitrogens with one attached hydrogen (secondary N) is 1. The Morgan fingerprint density at radius 1 is 1.00 bits per heavy atom. The Labute approximate surface area is 128 Å². The van der Waals surface area contributed by atoms with Crippen molar-refractivity contribution in [2.75, 3.05) is 0 Å². The summed E-state index contributed by atoms with van der Waals surface area (Å²) in [4.78, 5) is 0. The van der Waals surface area contributed by atoms with Crippen molar-refractivity contribution in [3.63, 3.8) is 0 Å². The van der Waals surface area contributed by atoms with Crippen LogP contribution in [0.25, 0.3) is 0 Å². The predicted octanol–water partition coefficient (Wildman–Crippen LogP) is 4.95. The van der Waals surface area contributed by atoms with E-state index in [1.807, 2.05) is 0 Å². The Morgan fingerprint density at radius 3 is 2.52 bits per heavy atom. The van der Waals surface area contributed by atoms with E-state index in [4.69, 9.17) is 0 Å². The van der Waals surface area contributed by atoms with Crippen molar-refractivity contribution in [3.8, 4) is 0 Å². The summed E-state index contributed by atoms with van der Waals surface area (Å²) in [5.41, 5.74) is 8.53. The van der Waals surface area contributed by atoms with Crippen molar-refractivity contribution < 1.29 is 0 Å². The van der Waals surface area contributed by atoms with Crippen molar-refractivity contribution in [1.82, 2.24) is 5.32 Å². The molecule has 3 rings (SSSR count). The molecule has 0 aliphatic heterocycles. The summed E-state index contributed by atoms with van der Waals surface area (Å²) in [5.74, 6) is 0. The van der Waals surface area contributed by atoms with Crippen LogP contribution in [0.2, 0.25) is 0 Å². The second-order valence-electron chi connectivity index (χ2n) is 6.54. The quantitative estimate of drug-likeness (QED) is 0.838. The van der Waals surface area contributed by atoms with Gasteiger partial charge in [0.25, 0.3) is 0 Å². The lowest BCUT2D eigenvalue weighted by Gasteiger charge is -2.23. The van der Waals surface area contributed by atoms with Crippen LogP contribution in [0.3, 0.4) is 0 Å². The van der Waals surface area contributed by atoms with Crippen molar-refractivity contribution in [2.45, 2.75) is 52.6 Å². The third-order valence-corrected chi connectivity index (χ3v) is 4.73. The average molecular weight is 279 g/mol. The van der Waals surface area contributed by atoms with Crippen LogP contribution in [0, 0.1) is 20.8 Å². The minimum Gasteiger partial charge on any atom is -0.303 e. The third kappa shape index (κ3) is 2.89. The Bertz CT molecular complexity index is 657. The largest absolute Gasteiger partial charge is 0.303 e. The molecule has 0 heterocycles. The van der Waals surface area contributed by atoms with E-state index in [1.54, 1.807) is 0 Å². The maximum Gasteiger partial charge on any atom is 0.0331 e. The number of hydrogen-bond acceptors (Lipinski definition) is 1. The van der Waals surface area contributed by atoms with Gasteiger partial charge in [-0.1, -0.05) is 47.5 Å². The molecular weight excluding hydrogens is 254 g/mol. The van der Waals surface area contributed by atoms with Crippen LogP contribution in [-0.2, 0) is 6.42 Å². The molecule has 1 aliphatic rings. The van der Waals surface area contributed by atoms with E-state index in [2.05, 4.69) is 69.4 Å². The van der Waals surface area contributed by atoms with Gasteiger partial charge in [0.15, 0.2) is 0 Å². The van der Waals surface area contributed by atoms with E-state index >= 15 is 0 Å². The molecule has 2 atom stereocenters. The second kappa shape index (κ2) is 5.65. The molecule has 1 heteroatoms. The highest BCUT2D eigenvalue weighted by Gasteiger charge is 2.24. The highest BCUT2D eigenvalue weighted by molar-refractivity contribution is 5.38. The minimum absolute atomic E-state index is 0.390. The van der Waals surface area contributed by atoms with Crippen LogP contribution in [-0.4, -0.2) is 0 Å². The maximum atomic E-state index is 3.85. The summed E-state index contributed by atoms with van der Waals surface area (Å²) < 4.78 is 0. The fourth-order valence-corrected chi connectivity index (χ4v) is 3.51. The van der Waals surface area contributed by atoms with Crippen LogP contribution >= 0.6 is 0 Å². The summed E-state index contributed by atoms with van der Waals surface area (Å²) >= 11 is 0. The zero-order chi connectivity index (χ0) is 15.0. The molecule has 1 aliphatic carbocycles. The molecule has 0 saturated carbocycles.